The van der Waals surface area contributed by atoms with Crippen LogP contribution in [0.1, 0.15) is 62.8 Å². The average Bonchev–Trinajstić information content (AvgIpc) is 3.23. The van der Waals surface area contributed by atoms with E-state index in [1.54, 1.807) is 23.8 Å². The van der Waals surface area contributed by atoms with Gasteiger partial charge in [0.2, 0.25) is 0 Å². The predicted octanol–water partition coefficient (Wildman–Crippen LogP) is 3.46. The lowest BCUT2D eigenvalue weighted by molar-refractivity contribution is -0.140. The van der Waals surface area contributed by atoms with Gasteiger partial charge in [-0.15, -0.1) is 0 Å². The number of hydrogen-bond acceptors (Lipinski definition) is 8. The molecule has 192 valence electrons. The molecular formula is C28H29N3O6. The number of aromatic nitrogens is 2. The summed E-state index contributed by atoms with van der Waals surface area (Å²) >= 11 is 0. The average molecular weight is 504 g/mol. The van der Waals surface area contributed by atoms with Crippen molar-refractivity contribution in [1.29, 1.82) is 0 Å². The summed E-state index contributed by atoms with van der Waals surface area (Å²) in [5.41, 5.74) is 1.96. The van der Waals surface area contributed by atoms with Crippen LogP contribution in [0.5, 0.6) is 11.5 Å². The van der Waals surface area contributed by atoms with Crippen LogP contribution in [0.4, 0.5) is 0 Å². The zero-order valence-corrected chi connectivity index (χ0v) is 21.4. The molecule has 0 saturated carbocycles. The number of Topliss-reactive ketones (excluding diaryl/α,β-unsaturated/α-hetero) is 1. The molecule has 2 aliphatic heterocycles. The Hall–Kier alpha value is -3.72. The van der Waals surface area contributed by atoms with Crippen LogP contribution in [0.25, 0.3) is 22.3 Å². The molecule has 1 aromatic carbocycles. The van der Waals surface area contributed by atoms with Crippen molar-refractivity contribution in [2.24, 2.45) is 5.16 Å². The highest BCUT2D eigenvalue weighted by Crippen LogP contribution is 2.42. The summed E-state index contributed by atoms with van der Waals surface area (Å²) in [7, 11) is 0. The SMILES string of the molecule is CC[C@@]1(O)C(=O)CCc2c1cc1n(c2=O)Cc2c-1nc1cc3c(cc1c2/C=N/OC(C)(C)C)OCCO3. The highest BCUT2D eigenvalue weighted by Gasteiger charge is 2.43. The molecule has 1 atom stereocenters. The topological polar surface area (TPSA) is 112 Å². The highest BCUT2D eigenvalue weighted by molar-refractivity contribution is 6.03. The normalized spacial score (nSPS) is 20.2. The number of oxime groups is 1. The maximum absolute atomic E-state index is 13.7. The summed E-state index contributed by atoms with van der Waals surface area (Å²) in [5, 5.41) is 16.3. The van der Waals surface area contributed by atoms with Gasteiger partial charge >= 0.3 is 0 Å². The Morgan fingerprint density at radius 2 is 1.86 bits per heavy atom. The Balaban J connectivity index is 1.61. The van der Waals surface area contributed by atoms with Crippen LogP contribution in [-0.4, -0.2) is 45.5 Å². The fraction of sp³-hybridized carbons (Fsp3) is 0.429. The van der Waals surface area contributed by atoms with Gasteiger partial charge in [-0.3, -0.25) is 9.59 Å². The molecule has 6 rings (SSSR count). The van der Waals surface area contributed by atoms with E-state index in [0.29, 0.717) is 65.7 Å². The van der Waals surface area contributed by atoms with E-state index in [0.717, 1.165) is 16.5 Å². The molecular weight excluding hydrogens is 474 g/mol. The Morgan fingerprint density at radius 1 is 1.14 bits per heavy atom. The fourth-order valence-electron chi connectivity index (χ4n) is 5.42. The summed E-state index contributed by atoms with van der Waals surface area (Å²) in [5.74, 6) is 0.973. The van der Waals surface area contributed by atoms with E-state index in [1.807, 2.05) is 32.9 Å². The molecule has 0 fully saturated rings. The van der Waals surface area contributed by atoms with Gasteiger partial charge in [-0.05, 0) is 45.7 Å². The summed E-state index contributed by atoms with van der Waals surface area (Å²) in [6.07, 6.45) is 2.32. The predicted molar refractivity (Wildman–Crippen MR) is 137 cm³/mol. The fourth-order valence-corrected chi connectivity index (χ4v) is 5.42. The van der Waals surface area contributed by atoms with Crippen LogP contribution in [-0.2, 0) is 28.2 Å². The minimum Gasteiger partial charge on any atom is -0.486 e. The summed E-state index contributed by atoms with van der Waals surface area (Å²) < 4.78 is 13.3. The largest absolute Gasteiger partial charge is 0.486 e. The zero-order valence-electron chi connectivity index (χ0n) is 21.4. The minimum atomic E-state index is -1.67. The Kier molecular flexibility index (Phi) is 5.21. The molecule has 0 saturated heterocycles. The van der Waals surface area contributed by atoms with E-state index in [2.05, 4.69) is 5.16 Å². The first-order valence-corrected chi connectivity index (χ1v) is 12.6. The zero-order chi connectivity index (χ0) is 26.1. The third-order valence-corrected chi connectivity index (χ3v) is 7.28. The third-order valence-electron chi connectivity index (χ3n) is 7.28. The van der Waals surface area contributed by atoms with Gasteiger partial charge in [0.15, 0.2) is 17.3 Å². The molecule has 3 aromatic rings. The van der Waals surface area contributed by atoms with Crippen molar-refractivity contribution < 1.29 is 24.2 Å². The standard InChI is InChI=1S/C28H29N3O6/c1-5-28(34)19-11-21-25-18(14-31(21)26(33)15(19)6-7-24(28)32)17(13-29-37-27(2,3)4)16-10-22-23(12-20(16)30-25)36-9-8-35-22/h10-13,34H,5-9,14H2,1-4H3/b29-13+/t28-/m0/s1. The molecule has 9 nitrogen and oxygen atoms in total. The first-order chi connectivity index (χ1) is 17.6. The van der Waals surface area contributed by atoms with E-state index < -0.39 is 11.2 Å². The number of nitrogens with zero attached hydrogens (tertiary/aromatic N) is 3. The number of fused-ring (bicyclic) bond motifs is 6. The number of ketones is 1. The van der Waals surface area contributed by atoms with Gasteiger partial charge < -0.3 is 24.0 Å². The molecule has 9 heteroatoms. The summed E-state index contributed by atoms with van der Waals surface area (Å²) in [6, 6.07) is 5.49. The van der Waals surface area contributed by atoms with Gasteiger partial charge in [-0.1, -0.05) is 12.1 Å². The second kappa shape index (κ2) is 8.14. The number of rotatable bonds is 3. The van der Waals surface area contributed by atoms with Gasteiger partial charge in [0.1, 0.15) is 24.4 Å². The van der Waals surface area contributed by atoms with Gasteiger partial charge in [0.25, 0.3) is 5.56 Å². The Morgan fingerprint density at radius 3 is 2.57 bits per heavy atom. The minimum absolute atomic E-state index is 0.147. The molecule has 37 heavy (non-hydrogen) atoms. The second-order valence-corrected chi connectivity index (χ2v) is 10.8. The van der Waals surface area contributed by atoms with E-state index in [4.69, 9.17) is 19.3 Å². The van der Waals surface area contributed by atoms with Crippen LogP contribution < -0.4 is 15.0 Å². The first-order valence-electron chi connectivity index (χ1n) is 12.6. The lowest BCUT2D eigenvalue weighted by Crippen LogP contribution is -2.43. The van der Waals surface area contributed by atoms with Crippen molar-refractivity contribution in [2.45, 2.75) is 64.7 Å². The van der Waals surface area contributed by atoms with Crippen LogP contribution in [0, 0.1) is 0 Å². The van der Waals surface area contributed by atoms with Crippen molar-refractivity contribution >= 4 is 22.9 Å². The smallest absolute Gasteiger partial charge is 0.254 e. The van der Waals surface area contributed by atoms with Gasteiger partial charge in [-0.25, -0.2) is 4.98 Å². The van der Waals surface area contributed by atoms with Crippen molar-refractivity contribution in [1.82, 2.24) is 9.55 Å². The number of benzene rings is 1. The quantitative estimate of drug-likeness (QED) is 0.337. The molecule has 0 amide bonds. The number of hydrogen-bond donors (Lipinski definition) is 1. The first kappa shape index (κ1) is 23.7. The van der Waals surface area contributed by atoms with Gasteiger partial charge in [0, 0.05) is 40.1 Å². The molecule has 3 aliphatic rings. The molecule has 4 heterocycles. The van der Waals surface area contributed by atoms with Crippen LogP contribution in [0.2, 0.25) is 0 Å². The number of aliphatic hydroxyl groups is 1. The lowest BCUT2D eigenvalue weighted by atomic mass is 9.77. The maximum Gasteiger partial charge on any atom is 0.254 e. The van der Waals surface area contributed by atoms with E-state index in [1.165, 1.54) is 0 Å². The van der Waals surface area contributed by atoms with Gasteiger partial charge in [0.05, 0.1) is 29.7 Å². The third kappa shape index (κ3) is 3.63. The number of ether oxygens (including phenoxy) is 2. The second-order valence-electron chi connectivity index (χ2n) is 10.8. The number of carbonyl (C=O) groups is 1. The van der Waals surface area contributed by atoms with Crippen LogP contribution in [0.3, 0.4) is 0 Å². The monoisotopic (exact) mass is 503 g/mol. The van der Waals surface area contributed by atoms with E-state index in [9.17, 15) is 14.7 Å². The molecule has 2 aromatic heterocycles. The molecule has 0 spiro atoms. The number of pyridine rings is 2. The maximum atomic E-state index is 13.7. The summed E-state index contributed by atoms with van der Waals surface area (Å²) in [4.78, 5) is 36.9. The lowest BCUT2D eigenvalue weighted by Gasteiger charge is -2.32. The molecule has 1 N–H and O–H groups in total. The molecule has 0 unspecified atom stereocenters. The van der Waals surface area contributed by atoms with E-state index >= 15 is 0 Å². The molecule has 0 bridgehead atoms. The summed E-state index contributed by atoms with van der Waals surface area (Å²) in [6.45, 7) is 8.70. The molecule has 1 aliphatic carbocycles. The van der Waals surface area contributed by atoms with Crippen molar-refractivity contribution in [3.8, 4) is 22.9 Å². The highest BCUT2D eigenvalue weighted by atomic mass is 16.6. The van der Waals surface area contributed by atoms with E-state index in [-0.39, 0.29) is 24.2 Å². The number of carbonyl (C=O) groups excluding carboxylic acids is 1. The molecule has 0 radical (unpaired) electrons. The van der Waals surface area contributed by atoms with Crippen molar-refractivity contribution in [2.75, 3.05) is 13.2 Å². The Labute approximate surface area is 213 Å². The van der Waals surface area contributed by atoms with Gasteiger partial charge in [-0.2, -0.15) is 0 Å². The van der Waals surface area contributed by atoms with Crippen molar-refractivity contribution in [3.63, 3.8) is 0 Å². The van der Waals surface area contributed by atoms with Crippen molar-refractivity contribution in [3.05, 3.63) is 50.8 Å². The Bertz CT molecular complexity index is 1570. The van der Waals surface area contributed by atoms with Crippen LogP contribution in [0.15, 0.2) is 28.1 Å². The van der Waals surface area contributed by atoms with Crippen LogP contribution >= 0.6 is 0 Å².